The lowest BCUT2D eigenvalue weighted by Gasteiger charge is -2.28. The van der Waals surface area contributed by atoms with Gasteiger partial charge in [-0.15, -0.1) is 0 Å². The molecule has 1 aromatic rings. The molecule has 1 heterocycles. The predicted molar refractivity (Wildman–Crippen MR) is 122 cm³/mol. The number of nitrogens with zero attached hydrogens (tertiary/aromatic N) is 2. The summed E-state index contributed by atoms with van der Waals surface area (Å²) in [6.07, 6.45) is 6.35. The van der Waals surface area contributed by atoms with Crippen molar-refractivity contribution in [2.75, 3.05) is 25.7 Å². The van der Waals surface area contributed by atoms with E-state index in [0.717, 1.165) is 17.7 Å². The molecule has 2 aliphatic carbocycles. The van der Waals surface area contributed by atoms with E-state index in [1.165, 1.54) is 14.2 Å². The van der Waals surface area contributed by atoms with E-state index in [1.807, 2.05) is 0 Å². The van der Waals surface area contributed by atoms with Crippen LogP contribution in [0.3, 0.4) is 0 Å². The highest BCUT2D eigenvalue weighted by Gasteiger charge is 2.50. The molecule has 1 saturated carbocycles. The summed E-state index contributed by atoms with van der Waals surface area (Å²) in [5, 5.41) is 0. The number of esters is 1. The lowest BCUT2D eigenvalue weighted by molar-refractivity contribution is -0.156. The number of urea groups is 1. The van der Waals surface area contributed by atoms with E-state index in [2.05, 4.69) is 12.2 Å². The summed E-state index contributed by atoms with van der Waals surface area (Å²) in [6, 6.07) is 3.57. The van der Waals surface area contributed by atoms with Crippen molar-refractivity contribution in [2.45, 2.75) is 51.7 Å². The molecular formula is C25H32N2O6. The molecule has 0 aromatic heterocycles. The molecular weight excluding hydrogens is 424 g/mol. The minimum absolute atomic E-state index is 0.187. The van der Waals surface area contributed by atoms with Crippen molar-refractivity contribution in [2.24, 2.45) is 17.8 Å². The number of hydrogen-bond donors (Lipinski definition) is 0. The van der Waals surface area contributed by atoms with Crippen LogP contribution in [0.15, 0.2) is 30.4 Å². The first-order valence-electron chi connectivity index (χ1n) is 11.4. The first-order valence-corrected chi connectivity index (χ1v) is 11.4. The molecule has 4 atom stereocenters. The summed E-state index contributed by atoms with van der Waals surface area (Å²) in [4.78, 5) is 42.4. The van der Waals surface area contributed by atoms with Gasteiger partial charge in [-0.2, -0.15) is 0 Å². The number of imide groups is 1. The van der Waals surface area contributed by atoms with Gasteiger partial charge in [0.05, 0.1) is 26.3 Å². The maximum Gasteiger partial charge on any atom is 0.332 e. The van der Waals surface area contributed by atoms with E-state index in [-0.39, 0.29) is 12.3 Å². The predicted octanol–water partition coefficient (Wildman–Crippen LogP) is 3.79. The number of allylic oxidation sites excluding steroid dienone is 2. The fraction of sp³-hybridized carbons (Fsp3) is 0.560. The van der Waals surface area contributed by atoms with E-state index >= 15 is 0 Å². The molecule has 0 spiro atoms. The SMILES string of the molecule is COc1ccc(N2C(=O)[C@H](CC(=O)OC(C)(C)C)N(CC3CC4C=CC3C4)C2=O)c(OC)c1. The van der Waals surface area contributed by atoms with Crippen LogP contribution in [-0.4, -0.2) is 55.2 Å². The van der Waals surface area contributed by atoms with Crippen LogP contribution in [-0.2, 0) is 14.3 Å². The minimum Gasteiger partial charge on any atom is -0.497 e. The van der Waals surface area contributed by atoms with Gasteiger partial charge >= 0.3 is 12.0 Å². The highest BCUT2D eigenvalue weighted by atomic mass is 16.6. The number of carbonyl (C=O) groups is 3. The van der Waals surface area contributed by atoms with Gasteiger partial charge in [0.2, 0.25) is 0 Å². The molecule has 2 bridgehead atoms. The Hall–Kier alpha value is -3.03. The molecule has 8 nitrogen and oxygen atoms in total. The van der Waals surface area contributed by atoms with Crippen LogP contribution in [0, 0.1) is 17.8 Å². The van der Waals surface area contributed by atoms with Gasteiger partial charge in [-0.3, -0.25) is 9.59 Å². The van der Waals surface area contributed by atoms with Crippen molar-refractivity contribution >= 4 is 23.6 Å². The quantitative estimate of drug-likeness (QED) is 0.353. The number of carbonyl (C=O) groups excluding carboxylic acids is 3. The molecule has 1 aromatic carbocycles. The molecule has 3 amide bonds. The minimum atomic E-state index is -0.915. The Morgan fingerprint density at radius 1 is 1.09 bits per heavy atom. The van der Waals surface area contributed by atoms with Crippen molar-refractivity contribution < 1.29 is 28.6 Å². The van der Waals surface area contributed by atoms with Crippen LogP contribution < -0.4 is 14.4 Å². The second-order valence-corrected chi connectivity index (χ2v) is 9.99. The highest BCUT2D eigenvalue weighted by molar-refractivity contribution is 6.22. The second-order valence-electron chi connectivity index (χ2n) is 9.99. The zero-order valence-electron chi connectivity index (χ0n) is 19.9. The molecule has 33 heavy (non-hydrogen) atoms. The third-order valence-corrected chi connectivity index (χ3v) is 6.57. The average molecular weight is 457 g/mol. The molecule has 0 N–H and O–H groups in total. The molecule has 1 saturated heterocycles. The monoisotopic (exact) mass is 456 g/mol. The van der Waals surface area contributed by atoms with Crippen LogP contribution in [0.4, 0.5) is 10.5 Å². The fourth-order valence-electron chi connectivity index (χ4n) is 5.13. The Bertz CT molecular complexity index is 982. The molecule has 3 aliphatic rings. The van der Waals surface area contributed by atoms with Crippen LogP contribution in [0.5, 0.6) is 11.5 Å². The van der Waals surface area contributed by atoms with Crippen LogP contribution in [0.1, 0.15) is 40.0 Å². The topological polar surface area (TPSA) is 85.4 Å². The van der Waals surface area contributed by atoms with Crippen LogP contribution in [0.25, 0.3) is 0 Å². The van der Waals surface area contributed by atoms with Crippen molar-refractivity contribution in [1.29, 1.82) is 0 Å². The number of ether oxygens (including phenoxy) is 3. The number of benzene rings is 1. The number of hydrogen-bond acceptors (Lipinski definition) is 6. The number of rotatable bonds is 7. The van der Waals surface area contributed by atoms with E-state index in [0.29, 0.717) is 35.6 Å². The highest BCUT2D eigenvalue weighted by Crippen LogP contribution is 2.45. The number of fused-ring (bicyclic) bond motifs is 2. The normalized spacial score (nSPS) is 26.3. The Morgan fingerprint density at radius 3 is 2.42 bits per heavy atom. The number of amides is 3. The maximum absolute atomic E-state index is 13.6. The first kappa shape index (κ1) is 23.1. The van der Waals surface area contributed by atoms with Gasteiger partial charge in [-0.25, -0.2) is 9.69 Å². The summed E-state index contributed by atoms with van der Waals surface area (Å²) in [6.45, 7) is 5.76. The third kappa shape index (κ3) is 4.56. The van der Waals surface area contributed by atoms with Gasteiger partial charge in [0.1, 0.15) is 23.1 Å². The van der Waals surface area contributed by atoms with E-state index in [4.69, 9.17) is 14.2 Å². The van der Waals surface area contributed by atoms with Crippen LogP contribution >= 0.6 is 0 Å². The molecule has 0 radical (unpaired) electrons. The molecule has 178 valence electrons. The third-order valence-electron chi connectivity index (χ3n) is 6.57. The van der Waals surface area contributed by atoms with Crippen molar-refractivity contribution in [3.8, 4) is 11.5 Å². The molecule has 2 fully saturated rings. The average Bonchev–Trinajstić information content (AvgIpc) is 3.43. The Morgan fingerprint density at radius 2 is 1.85 bits per heavy atom. The lowest BCUT2D eigenvalue weighted by atomic mass is 9.92. The summed E-state index contributed by atoms with van der Waals surface area (Å²) in [5.74, 6) is 1.15. The van der Waals surface area contributed by atoms with Gasteiger partial charge in [0.25, 0.3) is 5.91 Å². The van der Waals surface area contributed by atoms with Gasteiger partial charge in [-0.05, 0) is 63.5 Å². The van der Waals surface area contributed by atoms with E-state index < -0.39 is 29.6 Å². The number of methoxy groups -OCH3 is 2. The summed E-state index contributed by atoms with van der Waals surface area (Å²) in [5.41, 5.74) is -0.347. The first-order chi connectivity index (χ1) is 15.6. The number of anilines is 1. The van der Waals surface area contributed by atoms with E-state index in [1.54, 1.807) is 43.9 Å². The standard InChI is InChI=1S/C25H32N2O6/c1-25(2,3)33-22(28)13-20-23(29)27(19-9-8-18(31-4)12-21(19)32-5)24(30)26(20)14-17-11-15-6-7-16(17)10-15/h6-9,12,15-17,20H,10-11,13-14H2,1-5H3/t15?,16?,17?,20-/m0/s1. The zero-order valence-corrected chi connectivity index (χ0v) is 19.9. The maximum atomic E-state index is 13.6. The van der Waals surface area contributed by atoms with Gasteiger partial charge in [0.15, 0.2) is 0 Å². The van der Waals surface area contributed by atoms with Gasteiger partial charge < -0.3 is 19.1 Å². The van der Waals surface area contributed by atoms with Crippen LogP contribution in [0.2, 0.25) is 0 Å². The Kier molecular flexibility index (Phi) is 6.12. The van der Waals surface area contributed by atoms with Crippen molar-refractivity contribution in [3.05, 3.63) is 30.4 Å². The molecule has 8 heteroatoms. The van der Waals surface area contributed by atoms with Gasteiger partial charge in [0, 0.05) is 12.6 Å². The smallest absolute Gasteiger partial charge is 0.332 e. The summed E-state index contributed by atoms with van der Waals surface area (Å²) in [7, 11) is 3.00. The zero-order chi connectivity index (χ0) is 23.9. The second kappa shape index (κ2) is 8.72. The molecule has 4 rings (SSSR count). The fourth-order valence-corrected chi connectivity index (χ4v) is 5.13. The molecule has 1 aliphatic heterocycles. The van der Waals surface area contributed by atoms with E-state index in [9.17, 15) is 14.4 Å². The Labute approximate surface area is 194 Å². The summed E-state index contributed by atoms with van der Waals surface area (Å²) < 4.78 is 16.1. The summed E-state index contributed by atoms with van der Waals surface area (Å²) >= 11 is 0. The largest absolute Gasteiger partial charge is 0.497 e. The lowest BCUT2D eigenvalue weighted by Crippen LogP contribution is -2.41. The van der Waals surface area contributed by atoms with Crippen molar-refractivity contribution in [1.82, 2.24) is 4.90 Å². The van der Waals surface area contributed by atoms with Crippen molar-refractivity contribution in [3.63, 3.8) is 0 Å². The van der Waals surface area contributed by atoms with Gasteiger partial charge in [-0.1, -0.05) is 12.2 Å². The Balaban J connectivity index is 1.64. The molecule has 3 unspecified atom stereocenters.